The fraction of sp³-hybridized carbons (Fsp3) is 0.0909. The molecule has 1 aromatic heterocycles. The number of hydrogen-bond donors (Lipinski definition) is 2. The third-order valence-corrected chi connectivity index (χ3v) is 3.18. The Morgan fingerprint density at radius 1 is 1.43 bits per heavy atom. The highest BCUT2D eigenvalue weighted by Gasteiger charge is 2.19. The Hall–Kier alpha value is -2.46. The molecule has 21 heavy (non-hydrogen) atoms. The van der Waals surface area contributed by atoms with Crippen LogP contribution in [-0.2, 0) is 0 Å². The molecule has 0 aliphatic heterocycles. The van der Waals surface area contributed by atoms with Crippen LogP contribution in [0.3, 0.4) is 0 Å². The van der Waals surface area contributed by atoms with Gasteiger partial charge in [0.25, 0.3) is 0 Å². The van der Waals surface area contributed by atoms with Gasteiger partial charge in [0.05, 0.1) is 12.0 Å². The van der Waals surface area contributed by atoms with Gasteiger partial charge >= 0.3 is 5.69 Å². The van der Waals surface area contributed by atoms with Crippen LogP contribution in [0.5, 0.6) is 17.4 Å². The molecule has 0 spiro atoms. The number of benzene rings is 1. The zero-order chi connectivity index (χ0) is 15.4. The van der Waals surface area contributed by atoms with Crippen LogP contribution in [0.2, 0.25) is 0 Å². The molecule has 0 radical (unpaired) electrons. The van der Waals surface area contributed by atoms with Gasteiger partial charge in [-0.1, -0.05) is 0 Å². The van der Waals surface area contributed by atoms with E-state index in [2.05, 4.69) is 31.3 Å². The predicted molar refractivity (Wildman–Crippen MR) is 77.3 cm³/mol. The maximum atomic E-state index is 11.0. The first-order chi connectivity index (χ1) is 10.1. The Morgan fingerprint density at radius 2 is 2.19 bits per heavy atom. The fourth-order valence-corrected chi connectivity index (χ4v) is 1.88. The highest BCUT2D eigenvalue weighted by Crippen LogP contribution is 2.37. The molecule has 3 N–H and O–H groups in total. The summed E-state index contributed by atoms with van der Waals surface area (Å²) in [6, 6.07) is 4.14. The summed E-state index contributed by atoms with van der Waals surface area (Å²) >= 11 is 3.20. The molecule has 10 heteroatoms. The van der Waals surface area contributed by atoms with Crippen LogP contribution in [-0.4, -0.2) is 22.0 Å². The van der Waals surface area contributed by atoms with Crippen LogP contribution in [0.1, 0.15) is 0 Å². The largest absolute Gasteiger partial charge is 0.497 e. The van der Waals surface area contributed by atoms with Gasteiger partial charge in [0.1, 0.15) is 16.5 Å². The maximum absolute atomic E-state index is 11.0. The number of rotatable bonds is 5. The van der Waals surface area contributed by atoms with E-state index in [4.69, 9.17) is 15.3 Å². The van der Waals surface area contributed by atoms with Crippen LogP contribution < -0.4 is 20.7 Å². The van der Waals surface area contributed by atoms with Crippen molar-refractivity contribution in [2.24, 2.45) is 5.84 Å². The van der Waals surface area contributed by atoms with Gasteiger partial charge in [-0.3, -0.25) is 10.1 Å². The second kappa shape index (κ2) is 6.33. The topological polar surface area (TPSA) is 125 Å². The molecular weight excluding hydrogens is 346 g/mol. The van der Waals surface area contributed by atoms with Crippen molar-refractivity contribution in [1.29, 1.82) is 0 Å². The Labute approximate surface area is 127 Å². The van der Waals surface area contributed by atoms with Crippen molar-refractivity contribution in [1.82, 2.24) is 9.97 Å². The van der Waals surface area contributed by atoms with E-state index in [0.717, 1.165) is 0 Å². The minimum atomic E-state index is -0.564. The SMILES string of the molecule is COc1ccc([N+](=O)[O-])c(Oc2ncnc(NN)c2Br)c1. The number of hydrogen-bond acceptors (Lipinski definition) is 8. The van der Waals surface area contributed by atoms with E-state index >= 15 is 0 Å². The quantitative estimate of drug-likeness (QED) is 0.475. The van der Waals surface area contributed by atoms with Crippen LogP contribution in [0, 0.1) is 10.1 Å². The van der Waals surface area contributed by atoms with Crippen molar-refractivity contribution in [3.05, 3.63) is 39.1 Å². The smallest absolute Gasteiger partial charge is 0.311 e. The summed E-state index contributed by atoms with van der Waals surface area (Å²) in [4.78, 5) is 18.2. The molecule has 110 valence electrons. The van der Waals surface area contributed by atoms with E-state index in [-0.39, 0.29) is 23.1 Å². The molecular formula is C11H10BrN5O4. The summed E-state index contributed by atoms with van der Waals surface area (Å²) in [6.07, 6.45) is 1.21. The normalized spacial score (nSPS) is 10.0. The lowest BCUT2D eigenvalue weighted by Crippen LogP contribution is -2.10. The number of nitro benzene ring substituents is 1. The average molecular weight is 356 g/mol. The molecule has 1 aromatic carbocycles. The molecule has 0 aliphatic carbocycles. The number of aromatic nitrogens is 2. The predicted octanol–water partition coefficient (Wildman–Crippen LogP) is 2.23. The van der Waals surface area contributed by atoms with Crippen molar-refractivity contribution in [3.8, 4) is 17.4 Å². The first-order valence-electron chi connectivity index (χ1n) is 5.54. The van der Waals surface area contributed by atoms with Gasteiger partial charge in [0.15, 0.2) is 5.82 Å². The minimum Gasteiger partial charge on any atom is -0.497 e. The summed E-state index contributed by atoms with van der Waals surface area (Å²) in [5.41, 5.74) is 2.13. The van der Waals surface area contributed by atoms with Gasteiger partial charge in [-0.25, -0.2) is 15.8 Å². The van der Waals surface area contributed by atoms with Gasteiger partial charge in [0.2, 0.25) is 11.6 Å². The Morgan fingerprint density at radius 3 is 2.81 bits per heavy atom. The number of nitrogen functional groups attached to an aromatic ring is 1. The van der Waals surface area contributed by atoms with Gasteiger partial charge in [0, 0.05) is 12.1 Å². The van der Waals surface area contributed by atoms with E-state index < -0.39 is 4.92 Å². The maximum Gasteiger partial charge on any atom is 0.311 e. The highest BCUT2D eigenvalue weighted by atomic mass is 79.9. The molecule has 0 bridgehead atoms. The monoisotopic (exact) mass is 355 g/mol. The van der Waals surface area contributed by atoms with E-state index in [9.17, 15) is 10.1 Å². The molecule has 0 atom stereocenters. The van der Waals surface area contributed by atoms with Crippen molar-refractivity contribution in [3.63, 3.8) is 0 Å². The van der Waals surface area contributed by atoms with E-state index in [1.807, 2.05) is 0 Å². The number of nitrogens with two attached hydrogens (primary N) is 1. The van der Waals surface area contributed by atoms with Gasteiger partial charge in [-0.15, -0.1) is 0 Å². The molecule has 1 heterocycles. The highest BCUT2D eigenvalue weighted by molar-refractivity contribution is 9.10. The van der Waals surface area contributed by atoms with E-state index in [1.54, 1.807) is 0 Å². The molecule has 0 amide bonds. The lowest BCUT2D eigenvalue weighted by molar-refractivity contribution is -0.385. The molecule has 2 rings (SSSR count). The van der Waals surface area contributed by atoms with Crippen LogP contribution >= 0.6 is 15.9 Å². The number of anilines is 1. The third kappa shape index (κ3) is 3.17. The molecule has 0 aliphatic rings. The van der Waals surface area contributed by atoms with Crippen LogP contribution in [0.4, 0.5) is 11.5 Å². The van der Waals surface area contributed by atoms with Crippen molar-refractivity contribution in [2.45, 2.75) is 0 Å². The second-order valence-corrected chi connectivity index (χ2v) is 4.47. The van der Waals surface area contributed by atoms with Gasteiger partial charge in [-0.05, 0) is 22.0 Å². The Bertz CT molecular complexity index is 682. The molecule has 0 saturated heterocycles. The van der Waals surface area contributed by atoms with Gasteiger partial charge < -0.3 is 14.9 Å². The number of methoxy groups -OCH3 is 1. The molecule has 0 saturated carbocycles. The minimum absolute atomic E-state index is 0.0123. The zero-order valence-corrected chi connectivity index (χ0v) is 12.3. The summed E-state index contributed by atoms with van der Waals surface area (Å²) < 4.78 is 10.8. The second-order valence-electron chi connectivity index (χ2n) is 3.68. The zero-order valence-electron chi connectivity index (χ0n) is 10.7. The Balaban J connectivity index is 2.45. The first-order valence-corrected chi connectivity index (χ1v) is 6.33. The Kier molecular flexibility index (Phi) is 4.50. The lowest BCUT2D eigenvalue weighted by Gasteiger charge is -2.10. The van der Waals surface area contributed by atoms with E-state index in [1.165, 1.54) is 31.6 Å². The summed E-state index contributed by atoms with van der Waals surface area (Å²) in [5.74, 6) is 6.05. The summed E-state index contributed by atoms with van der Waals surface area (Å²) in [6.45, 7) is 0. The standard InChI is InChI=1S/C11H10BrN5O4/c1-20-6-2-3-7(17(18)19)8(4-6)21-11-9(12)10(16-13)14-5-15-11/h2-5H,13H2,1H3,(H,14,15,16). The number of hydrazine groups is 1. The molecule has 2 aromatic rings. The molecule has 9 nitrogen and oxygen atoms in total. The van der Waals surface area contributed by atoms with E-state index in [0.29, 0.717) is 10.2 Å². The van der Waals surface area contributed by atoms with Gasteiger partial charge in [-0.2, -0.15) is 0 Å². The lowest BCUT2D eigenvalue weighted by atomic mass is 10.3. The third-order valence-electron chi connectivity index (χ3n) is 2.46. The average Bonchev–Trinajstić information content (AvgIpc) is 2.49. The summed E-state index contributed by atoms with van der Waals surface area (Å²) in [7, 11) is 1.45. The van der Waals surface area contributed by atoms with Crippen LogP contribution in [0.25, 0.3) is 0 Å². The summed E-state index contributed by atoms with van der Waals surface area (Å²) in [5, 5.41) is 11.0. The molecule has 0 unspecified atom stereocenters. The van der Waals surface area contributed by atoms with Crippen molar-refractivity contribution >= 4 is 27.4 Å². The van der Waals surface area contributed by atoms with Crippen molar-refractivity contribution in [2.75, 3.05) is 12.5 Å². The first kappa shape index (κ1) is 14.9. The number of halogens is 1. The molecule has 0 fully saturated rings. The van der Waals surface area contributed by atoms with Crippen LogP contribution in [0.15, 0.2) is 29.0 Å². The number of nitrogens with one attached hydrogen (secondary N) is 1. The van der Waals surface area contributed by atoms with Crippen molar-refractivity contribution < 1.29 is 14.4 Å². The number of ether oxygens (including phenoxy) is 2. The fourth-order valence-electron chi connectivity index (χ4n) is 1.48. The number of nitrogens with zero attached hydrogens (tertiary/aromatic N) is 3. The number of nitro groups is 1.